The van der Waals surface area contributed by atoms with Gasteiger partial charge in [-0.05, 0) is 50.9 Å². The summed E-state index contributed by atoms with van der Waals surface area (Å²) >= 11 is 0. The van der Waals surface area contributed by atoms with Gasteiger partial charge in [-0.15, -0.1) is 0 Å². The van der Waals surface area contributed by atoms with Crippen LogP contribution in [0, 0.1) is 11.8 Å². The Morgan fingerprint density at radius 1 is 1.27 bits per heavy atom. The Kier molecular flexibility index (Phi) is 3.68. The van der Waals surface area contributed by atoms with E-state index in [4.69, 9.17) is 4.74 Å². The van der Waals surface area contributed by atoms with Crippen LogP contribution in [0.4, 0.5) is 0 Å². The van der Waals surface area contributed by atoms with Crippen molar-refractivity contribution in [3.8, 4) is 0 Å². The van der Waals surface area contributed by atoms with E-state index in [-0.39, 0.29) is 6.10 Å². The molecule has 2 rings (SSSR count). The van der Waals surface area contributed by atoms with E-state index in [1.807, 2.05) is 6.92 Å². The van der Waals surface area contributed by atoms with Crippen molar-refractivity contribution < 1.29 is 9.84 Å². The molecule has 15 heavy (non-hydrogen) atoms. The Hall–Kier alpha value is -0.0800. The van der Waals surface area contributed by atoms with Gasteiger partial charge in [-0.25, -0.2) is 0 Å². The normalized spacial score (nSPS) is 38.2. The van der Waals surface area contributed by atoms with Gasteiger partial charge in [-0.2, -0.15) is 0 Å². The Morgan fingerprint density at radius 3 is 2.67 bits per heavy atom. The van der Waals surface area contributed by atoms with E-state index in [9.17, 15) is 5.11 Å². The van der Waals surface area contributed by atoms with E-state index in [1.54, 1.807) is 0 Å². The molecule has 0 radical (unpaired) electrons. The smallest absolute Gasteiger partial charge is 0.0844 e. The first-order chi connectivity index (χ1) is 7.20. The molecule has 1 N–H and O–H groups in total. The molecule has 1 saturated carbocycles. The molecule has 0 aromatic rings. The molecule has 1 saturated heterocycles. The van der Waals surface area contributed by atoms with Gasteiger partial charge >= 0.3 is 0 Å². The lowest BCUT2D eigenvalue weighted by molar-refractivity contribution is 0.155. The second-order valence-corrected chi connectivity index (χ2v) is 5.38. The number of rotatable bonds is 5. The highest BCUT2D eigenvalue weighted by Gasteiger charge is 2.45. The minimum Gasteiger partial charge on any atom is -0.393 e. The van der Waals surface area contributed by atoms with Crippen LogP contribution in [0.15, 0.2) is 0 Å². The van der Waals surface area contributed by atoms with Gasteiger partial charge in [0.05, 0.1) is 18.3 Å². The maximum absolute atomic E-state index is 9.33. The summed E-state index contributed by atoms with van der Waals surface area (Å²) in [5, 5.41) is 9.33. The lowest BCUT2D eigenvalue weighted by Gasteiger charge is -2.28. The largest absolute Gasteiger partial charge is 0.393 e. The zero-order valence-corrected chi connectivity index (χ0v) is 9.98. The molecule has 2 nitrogen and oxygen atoms in total. The summed E-state index contributed by atoms with van der Waals surface area (Å²) in [5.74, 6) is 1.67. The average Bonchev–Trinajstić information content (AvgIpc) is 2.96. The van der Waals surface area contributed by atoms with Crippen molar-refractivity contribution in [1.82, 2.24) is 0 Å². The van der Waals surface area contributed by atoms with E-state index in [0.29, 0.717) is 12.2 Å². The van der Waals surface area contributed by atoms with Gasteiger partial charge in [0, 0.05) is 0 Å². The summed E-state index contributed by atoms with van der Waals surface area (Å²) in [6.07, 6.45) is 8.41. The standard InChI is InChI=1S/C13H24O2/c1-3-10(5-4-9(2)14)11-6-7-12-13(8-11)15-12/h9-14H,3-8H2,1-2H3. The summed E-state index contributed by atoms with van der Waals surface area (Å²) in [4.78, 5) is 0. The predicted molar refractivity (Wildman–Crippen MR) is 60.7 cm³/mol. The van der Waals surface area contributed by atoms with Gasteiger partial charge in [0.25, 0.3) is 0 Å². The van der Waals surface area contributed by atoms with Crippen molar-refractivity contribution in [2.75, 3.05) is 0 Å². The molecule has 5 atom stereocenters. The van der Waals surface area contributed by atoms with Crippen LogP contribution in [0.3, 0.4) is 0 Å². The topological polar surface area (TPSA) is 32.8 Å². The number of hydrogen-bond acceptors (Lipinski definition) is 2. The zero-order chi connectivity index (χ0) is 10.8. The van der Waals surface area contributed by atoms with Crippen molar-refractivity contribution >= 4 is 0 Å². The summed E-state index contributed by atoms with van der Waals surface area (Å²) in [6, 6.07) is 0. The SMILES string of the molecule is CCC(CCC(C)O)C1CCC2OC2C1. The van der Waals surface area contributed by atoms with Gasteiger partial charge in [-0.1, -0.05) is 13.3 Å². The maximum atomic E-state index is 9.33. The summed E-state index contributed by atoms with van der Waals surface area (Å²) < 4.78 is 5.58. The first-order valence-electron chi connectivity index (χ1n) is 6.54. The minimum absolute atomic E-state index is 0.132. The third kappa shape index (κ3) is 2.94. The van der Waals surface area contributed by atoms with Crippen molar-refractivity contribution in [3.05, 3.63) is 0 Å². The van der Waals surface area contributed by atoms with E-state index in [1.165, 1.54) is 32.1 Å². The van der Waals surface area contributed by atoms with Gasteiger partial charge < -0.3 is 9.84 Å². The molecule has 2 aliphatic rings. The van der Waals surface area contributed by atoms with E-state index in [2.05, 4.69) is 6.92 Å². The fraction of sp³-hybridized carbons (Fsp3) is 1.00. The number of hydrogen-bond donors (Lipinski definition) is 1. The molecule has 1 heterocycles. The van der Waals surface area contributed by atoms with Gasteiger partial charge in [0.15, 0.2) is 0 Å². The van der Waals surface area contributed by atoms with Crippen LogP contribution in [-0.2, 0) is 4.74 Å². The molecule has 0 spiro atoms. The van der Waals surface area contributed by atoms with Crippen LogP contribution >= 0.6 is 0 Å². The average molecular weight is 212 g/mol. The third-order valence-corrected chi connectivity index (χ3v) is 4.19. The number of epoxide rings is 1. The second kappa shape index (κ2) is 4.84. The summed E-state index contributed by atoms with van der Waals surface area (Å²) in [7, 11) is 0. The molecule has 0 bridgehead atoms. The van der Waals surface area contributed by atoms with Crippen LogP contribution < -0.4 is 0 Å². The van der Waals surface area contributed by atoms with Gasteiger partial charge in [0.2, 0.25) is 0 Å². The molecule has 1 aliphatic carbocycles. The summed E-state index contributed by atoms with van der Waals surface area (Å²) in [6.45, 7) is 4.18. The highest BCUT2D eigenvalue weighted by atomic mass is 16.6. The van der Waals surface area contributed by atoms with Crippen molar-refractivity contribution in [3.63, 3.8) is 0 Å². The molecule has 2 fully saturated rings. The molecule has 2 heteroatoms. The van der Waals surface area contributed by atoms with Crippen LogP contribution in [0.25, 0.3) is 0 Å². The van der Waals surface area contributed by atoms with Crippen LogP contribution in [0.5, 0.6) is 0 Å². The molecular formula is C13H24O2. The number of aliphatic hydroxyl groups is 1. The van der Waals surface area contributed by atoms with Gasteiger partial charge in [0.1, 0.15) is 0 Å². The lowest BCUT2D eigenvalue weighted by atomic mass is 9.76. The number of fused-ring (bicyclic) bond motifs is 1. The monoisotopic (exact) mass is 212 g/mol. The van der Waals surface area contributed by atoms with Crippen LogP contribution in [0.1, 0.15) is 52.4 Å². The molecule has 0 amide bonds. The highest BCUT2D eigenvalue weighted by Crippen LogP contribution is 2.43. The quantitative estimate of drug-likeness (QED) is 0.711. The molecule has 0 aromatic carbocycles. The van der Waals surface area contributed by atoms with Crippen LogP contribution in [0.2, 0.25) is 0 Å². The van der Waals surface area contributed by atoms with Crippen molar-refractivity contribution in [1.29, 1.82) is 0 Å². The van der Waals surface area contributed by atoms with E-state index in [0.717, 1.165) is 18.3 Å². The Morgan fingerprint density at radius 2 is 2.07 bits per heavy atom. The molecule has 88 valence electrons. The van der Waals surface area contributed by atoms with Crippen molar-refractivity contribution in [2.24, 2.45) is 11.8 Å². The first-order valence-corrected chi connectivity index (χ1v) is 6.54. The minimum atomic E-state index is -0.132. The maximum Gasteiger partial charge on any atom is 0.0844 e. The Balaban J connectivity index is 1.77. The summed E-state index contributed by atoms with van der Waals surface area (Å²) in [5.41, 5.74) is 0. The van der Waals surface area contributed by atoms with E-state index < -0.39 is 0 Å². The number of aliphatic hydroxyl groups excluding tert-OH is 1. The highest BCUT2D eigenvalue weighted by molar-refractivity contribution is 4.93. The van der Waals surface area contributed by atoms with Crippen molar-refractivity contribution in [2.45, 2.75) is 70.7 Å². The fourth-order valence-electron chi connectivity index (χ4n) is 3.09. The Bertz CT molecular complexity index is 203. The fourth-order valence-corrected chi connectivity index (χ4v) is 3.09. The first kappa shape index (κ1) is 11.4. The zero-order valence-electron chi connectivity index (χ0n) is 9.98. The molecule has 0 aromatic heterocycles. The molecule has 5 unspecified atom stereocenters. The van der Waals surface area contributed by atoms with Gasteiger partial charge in [-0.3, -0.25) is 0 Å². The Labute approximate surface area is 93.0 Å². The molecular weight excluding hydrogens is 188 g/mol. The molecule has 1 aliphatic heterocycles. The number of ether oxygens (including phenoxy) is 1. The van der Waals surface area contributed by atoms with Crippen LogP contribution in [-0.4, -0.2) is 23.4 Å². The third-order valence-electron chi connectivity index (χ3n) is 4.19. The van der Waals surface area contributed by atoms with E-state index >= 15 is 0 Å². The second-order valence-electron chi connectivity index (χ2n) is 5.38. The lowest BCUT2D eigenvalue weighted by Crippen LogP contribution is -2.22. The predicted octanol–water partition coefficient (Wildman–Crippen LogP) is 2.74.